The van der Waals surface area contributed by atoms with Gasteiger partial charge in [0.05, 0.1) is 18.5 Å². The summed E-state index contributed by atoms with van der Waals surface area (Å²) >= 11 is 0. The number of carboxylic acid groups (broad SMARTS) is 2. The molecule has 196 valence electrons. The van der Waals surface area contributed by atoms with Gasteiger partial charge in [0.2, 0.25) is 0 Å². The third-order valence-corrected chi connectivity index (χ3v) is 6.44. The topological polar surface area (TPSA) is 126 Å². The van der Waals surface area contributed by atoms with Gasteiger partial charge in [-0.1, -0.05) is 6.42 Å². The smallest absolute Gasteiger partial charge is 0.414 e. The summed E-state index contributed by atoms with van der Waals surface area (Å²) in [6.45, 7) is 12.8. The lowest BCUT2D eigenvalue weighted by Crippen LogP contribution is -2.38. The third-order valence-electron chi connectivity index (χ3n) is 6.44. The van der Waals surface area contributed by atoms with Crippen molar-refractivity contribution < 1.29 is 24.2 Å². The average molecular weight is 500 g/mol. The third kappa shape index (κ3) is 6.64. The summed E-state index contributed by atoms with van der Waals surface area (Å²) in [5.74, 6) is -1.45. The molecule has 0 aliphatic carbocycles. The van der Waals surface area contributed by atoms with Gasteiger partial charge >= 0.3 is 11.9 Å². The van der Waals surface area contributed by atoms with E-state index in [9.17, 15) is 0 Å². The molecule has 0 radical (unpaired) electrons. The zero-order chi connectivity index (χ0) is 26.2. The second kappa shape index (κ2) is 12.5. The van der Waals surface area contributed by atoms with Gasteiger partial charge in [0.25, 0.3) is 0 Å². The minimum atomic E-state index is -1.82. The van der Waals surface area contributed by atoms with E-state index in [0.717, 1.165) is 37.8 Å². The highest BCUT2D eigenvalue weighted by atomic mass is 16.4. The Morgan fingerprint density at radius 2 is 1.81 bits per heavy atom. The van der Waals surface area contributed by atoms with Gasteiger partial charge in [-0.2, -0.15) is 5.10 Å². The molecule has 3 N–H and O–H groups in total. The van der Waals surface area contributed by atoms with Crippen molar-refractivity contribution in [3.8, 4) is 5.82 Å². The van der Waals surface area contributed by atoms with Gasteiger partial charge in [0.15, 0.2) is 0 Å². The monoisotopic (exact) mass is 499 g/mol. The Hall–Kier alpha value is -3.37. The molecule has 0 bridgehead atoms. The number of carboxylic acids is 2. The highest BCUT2D eigenvalue weighted by Gasteiger charge is 2.24. The fourth-order valence-corrected chi connectivity index (χ4v) is 4.71. The molecule has 10 heteroatoms. The Balaban J connectivity index is 0.000000538. The fourth-order valence-electron chi connectivity index (χ4n) is 4.71. The largest absolute Gasteiger partial charge is 0.473 e. The molecule has 4 heterocycles. The number of likely N-dealkylation sites (tertiary alicyclic amines) is 1. The maximum absolute atomic E-state index is 9.10. The molecular weight excluding hydrogens is 462 g/mol. The van der Waals surface area contributed by atoms with Gasteiger partial charge in [-0.25, -0.2) is 14.3 Å². The Morgan fingerprint density at radius 3 is 2.39 bits per heavy atom. The summed E-state index contributed by atoms with van der Waals surface area (Å²) in [7, 11) is 0. The summed E-state index contributed by atoms with van der Waals surface area (Å²) in [5, 5.41) is 23.0. The first-order valence-corrected chi connectivity index (χ1v) is 12.4. The molecule has 1 aliphatic heterocycles. The zero-order valence-electron chi connectivity index (χ0n) is 21.5. The van der Waals surface area contributed by atoms with E-state index in [1.165, 1.54) is 36.2 Å². The lowest BCUT2D eigenvalue weighted by Gasteiger charge is -2.33. The maximum Gasteiger partial charge on any atom is 0.414 e. The number of rotatable bonds is 8. The normalized spacial score (nSPS) is 14.9. The SMILES string of the molecule is Cc1cc(CNCC(c2ccco2)N2CCCCC2)c(C)n1-c1ccnn1C(C)C.O=C(O)C(=O)O. The van der Waals surface area contributed by atoms with Crippen LogP contribution < -0.4 is 5.32 Å². The van der Waals surface area contributed by atoms with Crippen LogP contribution in [0.15, 0.2) is 41.1 Å². The first-order valence-electron chi connectivity index (χ1n) is 12.4. The van der Waals surface area contributed by atoms with Gasteiger partial charge in [-0.15, -0.1) is 0 Å². The summed E-state index contributed by atoms with van der Waals surface area (Å²) < 4.78 is 10.2. The van der Waals surface area contributed by atoms with Crippen LogP contribution in [0.1, 0.15) is 67.9 Å². The standard InChI is InChI=1S/C24H35N5O.C2H2O4/c1-18(2)29-24(10-11-26-29)28-19(3)15-21(20(28)4)16-25-17-22(23-9-8-14-30-23)27-12-6-5-7-13-27;3-1(4)2(5)6/h8-11,14-15,18,22,25H,5-7,12-13,16-17H2,1-4H3;(H,3,4)(H,5,6). The molecule has 0 aromatic carbocycles. The second-order valence-electron chi connectivity index (χ2n) is 9.33. The van der Waals surface area contributed by atoms with E-state index in [1.807, 2.05) is 12.3 Å². The Labute approximate surface area is 211 Å². The van der Waals surface area contributed by atoms with Gasteiger partial charge in [-0.05, 0) is 77.4 Å². The lowest BCUT2D eigenvalue weighted by atomic mass is 10.1. The quantitative estimate of drug-likeness (QED) is 0.398. The van der Waals surface area contributed by atoms with Crippen molar-refractivity contribution in [2.45, 2.75) is 65.6 Å². The molecule has 3 aromatic rings. The first-order chi connectivity index (χ1) is 17.2. The number of piperidine rings is 1. The van der Waals surface area contributed by atoms with Crippen molar-refractivity contribution in [1.29, 1.82) is 0 Å². The van der Waals surface area contributed by atoms with E-state index < -0.39 is 11.9 Å². The highest BCUT2D eigenvalue weighted by Crippen LogP contribution is 2.26. The van der Waals surface area contributed by atoms with Gasteiger partial charge in [-0.3, -0.25) is 4.90 Å². The van der Waals surface area contributed by atoms with Crippen molar-refractivity contribution in [2.24, 2.45) is 0 Å². The molecule has 1 atom stereocenters. The van der Waals surface area contributed by atoms with E-state index in [4.69, 9.17) is 24.2 Å². The van der Waals surface area contributed by atoms with Crippen LogP contribution in [-0.2, 0) is 16.1 Å². The van der Waals surface area contributed by atoms with E-state index >= 15 is 0 Å². The lowest BCUT2D eigenvalue weighted by molar-refractivity contribution is -0.159. The summed E-state index contributed by atoms with van der Waals surface area (Å²) in [5.41, 5.74) is 3.85. The van der Waals surface area contributed by atoms with Gasteiger partial charge < -0.3 is 24.5 Å². The maximum atomic E-state index is 9.10. The van der Waals surface area contributed by atoms with Crippen LogP contribution in [0.5, 0.6) is 0 Å². The Bertz CT molecular complexity index is 1110. The number of carbonyl (C=O) groups is 2. The van der Waals surface area contributed by atoms with Crippen LogP contribution in [0.3, 0.4) is 0 Å². The number of nitrogens with one attached hydrogen (secondary N) is 1. The molecular formula is C26H37N5O5. The summed E-state index contributed by atoms with van der Waals surface area (Å²) in [6.07, 6.45) is 7.58. The second-order valence-corrected chi connectivity index (χ2v) is 9.33. The van der Waals surface area contributed by atoms with Crippen LogP contribution in [0, 0.1) is 13.8 Å². The van der Waals surface area contributed by atoms with Crippen molar-refractivity contribution in [2.75, 3.05) is 19.6 Å². The summed E-state index contributed by atoms with van der Waals surface area (Å²) in [6, 6.07) is 9.13. The molecule has 1 aliphatic rings. The number of hydrogen-bond acceptors (Lipinski definition) is 6. The first kappa shape index (κ1) is 27.2. The van der Waals surface area contributed by atoms with Gasteiger partial charge in [0.1, 0.15) is 11.6 Å². The Morgan fingerprint density at radius 1 is 1.11 bits per heavy atom. The molecule has 0 spiro atoms. The molecule has 0 saturated carbocycles. The predicted octanol–water partition coefficient (Wildman–Crippen LogP) is 3.94. The molecule has 1 fully saturated rings. The molecule has 36 heavy (non-hydrogen) atoms. The fraction of sp³-hybridized carbons (Fsp3) is 0.500. The molecule has 1 saturated heterocycles. The number of aliphatic carboxylic acids is 2. The van der Waals surface area contributed by atoms with Crippen molar-refractivity contribution in [3.05, 3.63) is 59.4 Å². The van der Waals surface area contributed by atoms with E-state index in [0.29, 0.717) is 12.1 Å². The highest BCUT2D eigenvalue weighted by molar-refractivity contribution is 6.27. The van der Waals surface area contributed by atoms with Crippen LogP contribution in [0.2, 0.25) is 0 Å². The van der Waals surface area contributed by atoms with Crippen molar-refractivity contribution >= 4 is 11.9 Å². The summed E-state index contributed by atoms with van der Waals surface area (Å²) in [4.78, 5) is 20.8. The molecule has 4 rings (SSSR count). The number of furan rings is 1. The molecule has 10 nitrogen and oxygen atoms in total. The molecule has 1 unspecified atom stereocenters. The average Bonchev–Trinajstić information content (AvgIpc) is 3.59. The van der Waals surface area contributed by atoms with E-state index in [1.54, 1.807) is 6.26 Å². The van der Waals surface area contributed by atoms with Gasteiger partial charge in [0, 0.05) is 36.6 Å². The minimum Gasteiger partial charge on any atom is -0.473 e. The van der Waals surface area contributed by atoms with Crippen molar-refractivity contribution in [3.63, 3.8) is 0 Å². The zero-order valence-corrected chi connectivity index (χ0v) is 21.5. The predicted molar refractivity (Wildman–Crippen MR) is 135 cm³/mol. The number of nitrogens with zero attached hydrogens (tertiary/aromatic N) is 4. The minimum absolute atomic E-state index is 0.297. The molecule has 3 aromatic heterocycles. The van der Waals surface area contributed by atoms with E-state index in [-0.39, 0.29) is 0 Å². The number of aryl methyl sites for hydroxylation is 1. The molecule has 0 amide bonds. The van der Waals surface area contributed by atoms with Crippen molar-refractivity contribution in [1.82, 2.24) is 24.6 Å². The van der Waals surface area contributed by atoms with Crippen LogP contribution >= 0.6 is 0 Å². The van der Waals surface area contributed by atoms with E-state index in [2.05, 4.69) is 70.5 Å². The van der Waals surface area contributed by atoms with Crippen LogP contribution in [0.25, 0.3) is 5.82 Å². The number of aromatic nitrogens is 3. The van der Waals surface area contributed by atoms with Crippen LogP contribution in [-0.4, -0.2) is 61.0 Å². The van der Waals surface area contributed by atoms with Crippen LogP contribution in [0.4, 0.5) is 0 Å². The Kier molecular flexibility index (Phi) is 9.49. The number of hydrogen-bond donors (Lipinski definition) is 3.